The molecule has 1 aliphatic rings. The number of hydrogen-bond donors (Lipinski definition) is 1. The molecule has 3 aromatic rings. The monoisotopic (exact) mass is 447 g/mol. The van der Waals surface area contributed by atoms with Crippen LogP contribution in [0.25, 0.3) is 11.1 Å². The molecule has 170 valence electrons. The number of carbonyl (C=O) groups excluding carboxylic acids is 2. The Morgan fingerprint density at radius 3 is 2.48 bits per heavy atom. The lowest BCUT2D eigenvalue weighted by molar-refractivity contribution is -0.142. The summed E-state index contributed by atoms with van der Waals surface area (Å²) in [4.78, 5) is 23.9. The molecule has 1 heterocycles. The van der Waals surface area contributed by atoms with Gasteiger partial charge in [-0.2, -0.15) is 0 Å². The molecule has 0 fully saturated rings. The zero-order valence-electron chi connectivity index (χ0n) is 18.6. The van der Waals surface area contributed by atoms with Gasteiger partial charge < -0.3 is 24.3 Å². The fourth-order valence-corrected chi connectivity index (χ4v) is 3.59. The van der Waals surface area contributed by atoms with E-state index in [2.05, 4.69) is 34.3 Å². The van der Waals surface area contributed by atoms with Gasteiger partial charge in [0.25, 0.3) is 5.91 Å². The first kappa shape index (κ1) is 22.2. The van der Waals surface area contributed by atoms with Gasteiger partial charge in [-0.3, -0.25) is 4.79 Å². The van der Waals surface area contributed by atoms with Gasteiger partial charge in [-0.05, 0) is 52.6 Å². The fraction of sp³-hybridized carbons (Fsp3) is 0.231. The Hall–Kier alpha value is -4.00. The van der Waals surface area contributed by atoms with Crippen molar-refractivity contribution < 1.29 is 28.5 Å². The van der Waals surface area contributed by atoms with Gasteiger partial charge in [0.1, 0.15) is 5.75 Å². The molecule has 0 atom stereocenters. The van der Waals surface area contributed by atoms with E-state index in [4.69, 9.17) is 14.2 Å². The van der Waals surface area contributed by atoms with E-state index in [9.17, 15) is 9.59 Å². The number of benzene rings is 3. The Morgan fingerprint density at radius 1 is 0.939 bits per heavy atom. The minimum atomic E-state index is -0.505. The van der Waals surface area contributed by atoms with Crippen LogP contribution in [0.3, 0.4) is 0 Å². The van der Waals surface area contributed by atoms with Crippen molar-refractivity contribution in [2.75, 3.05) is 27.4 Å². The maximum Gasteiger partial charge on any atom is 0.343 e. The third-order valence-corrected chi connectivity index (χ3v) is 5.43. The summed E-state index contributed by atoms with van der Waals surface area (Å²) in [6.07, 6.45) is 0.941. The summed E-state index contributed by atoms with van der Waals surface area (Å²) >= 11 is 0. The van der Waals surface area contributed by atoms with Crippen LogP contribution in [0.15, 0.2) is 60.7 Å². The third kappa shape index (κ3) is 5.26. The quantitative estimate of drug-likeness (QED) is 0.529. The van der Waals surface area contributed by atoms with Crippen LogP contribution < -0.4 is 19.5 Å². The van der Waals surface area contributed by atoms with E-state index < -0.39 is 5.97 Å². The number of rotatable bonds is 8. The van der Waals surface area contributed by atoms with Crippen molar-refractivity contribution in [3.8, 4) is 28.4 Å². The second kappa shape index (κ2) is 10.1. The van der Waals surface area contributed by atoms with Crippen LogP contribution in [0.4, 0.5) is 0 Å². The van der Waals surface area contributed by atoms with E-state index in [1.165, 1.54) is 19.8 Å². The van der Waals surface area contributed by atoms with Crippen LogP contribution in [0.2, 0.25) is 0 Å². The van der Waals surface area contributed by atoms with E-state index in [0.29, 0.717) is 23.6 Å². The highest BCUT2D eigenvalue weighted by atomic mass is 16.6. The lowest BCUT2D eigenvalue weighted by Crippen LogP contribution is -2.22. The largest absolute Gasteiger partial charge is 0.493 e. The molecule has 4 rings (SSSR count). The number of esters is 1. The minimum Gasteiger partial charge on any atom is -0.493 e. The van der Waals surface area contributed by atoms with Crippen molar-refractivity contribution in [2.45, 2.75) is 13.0 Å². The lowest BCUT2D eigenvalue weighted by atomic mass is 10.0. The number of methoxy groups -OCH3 is 2. The minimum absolute atomic E-state index is 0.240. The fourth-order valence-electron chi connectivity index (χ4n) is 3.59. The van der Waals surface area contributed by atoms with Crippen molar-refractivity contribution in [3.63, 3.8) is 0 Å². The molecule has 0 unspecified atom stereocenters. The molecule has 1 amide bonds. The highest BCUT2D eigenvalue weighted by molar-refractivity contribution is 5.94. The summed E-state index contributed by atoms with van der Waals surface area (Å²) < 4.78 is 20.8. The van der Waals surface area contributed by atoms with Crippen LogP contribution in [0.5, 0.6) is 17.2 Å². The maximum absolute atomic E-state index is 12.6. The molecule has 3 aromatic carbocycles. The molecular formula is C26H25NO6. The van der Waals surface area contributed by atoms with Crippen LogP contribution in [0.1, 0.15) is 21.5 Å². The average molecular weight is 447 g/mol. The smallest absolute Gasteiger partial charge is 0.343 e. The van der Waals surface area contributed by atoms with Gasteiger partial charge in [0.2, 0.25) is 0 Å². The number of hydrogen-bond acceptors (Lipinski definition) is 6. The van der Waals surface area contributed by atoms with Gasteiger partial charge in [-0.25, -0.2) is 4.79 Å². The molecular weight excluding hydrogens is 422 g/mol. The van der Waals surface area contributed by atoms with E-state index in [1.54, 1.807) is 18.2 Å². The predicted octanol–water partition coefficient (Wildman–Crippen LogP) is 3.78. The molecule has 0 bridgehead atoms. The van der Waals surface area contributed by atoms with Crippen molar-refractivity contribution in [3.05, 3.63) is 77.4 Å². The Balaban J connectivity index is 1.37. The Bertz CT molecular complexity index is 1160. The van der Waals surface area contributed by atoms with E-state index in [1.807, 2.05) is 18.2 Å². The number of fused-ring (bicyclic) bond motifs is 1. The highest BCUT2D eigenvalue weighted by Crippen LogP contribution is 2.31. The van der Waals surface area contributed by atoms with Crippen molar-refractivity contribution >= 4 is 11.9 Å². The van der Waals surface area contributed by atoms with E-state index in [0.717, 1.165) is 35.5 Å². The Labute approximate surface area is 192 Å². The van der Waals surface area contributed by atoms with Gasteiger partial charge in [-0.1, -0.05) is 30.3 Å². The summed E-state index contributed by atoms with van der Waals surface area (Å²) in [5.74, 6) is 0.937. The van der Waals surface area contributed by atoms with E-state index in [-0.39, 0.29) is 12.5 Å². The zero-order chi connectivity index (χ0) is 23.2. The normalized spacial score (nSPS) is 11.8. The Morgan fingerprint density at radius 2 is 1.73 bits per heavy atom. The van der Waals surface area contributed by atoms with Crippen LogP contribution in [-0.2, 0) is 22.5 Å². The van der Waals surface area contributed by atoms with Crippen molar-refractivity contribution in [1.29, 1.82) is 0 Å². The van der Waals surface area contributed by atoms with Gasteiger partial charge in [0.15, 0.2) is 18.1 Å². The number of nitrogens with one attached hydrogen (secondary N) is 1. The molecule has 7 nitrogen and oxygen atoms in total. The molecule has 33 heavy (non-hydrogen) atoms. The number of ether oxygens (including phenoxy) is 4. The van der Waals surface area contributed by atoms with Gasteiger partial charge >= 0.3 is 5.97 Å². The van der Waals surface area contributed by atoms with Gasteiger partial charge in [0.05, 0.1) is 20.8 Å². The summed E-state index contributed by atoms with van der Waals surface area (Å²) in [5.41, 5.74) is 4.92. The van der Waals surface area contributed by atoms with Gasteiger partial charge in [0, 0.05) is 18.5 Å². The zero-order valence-corrected chi connectivity index (χ0v) is 18.6. The third-order valence-electron chi connectivity index (χ3n) is 5.43. The van der Waals surface area contributed by atoms with Crippen molar-refractivity contribution in [1.82, 2.24) is 5.32 Å². The number of amides is 1. The molecule has 1 N–H and O–H groups in total. The predicted molar refractivity (Wildman–Crippen MR) is 123 cm³/mol. The first-order valence-corrected chi connectivity index (χ1v) is 10.6. The SMILES string of the molecule is COC(=O)COc1ccc(C(=O)NCc2ccc(-c3ccc4c(c3)CCO4)cc2)cc1OC. The second-order valence-electron chi connectivity index (χ2n) is 7.53. The second-order valence-corrected chi connectivity index (χ2v) is 7.53. The van der Waals surface area contributed by atoms with E-state index >= 15 is 0 Å². The highest BCUT2D eigenvalue weighted by Gasteiger charge is 2.14. The number of carbonyl (C=O) groups is 2. The molecule has 0 radical (unpaired) electrons. The molecule has 1 aliphatic heterocycles. The Kier molecular flexibility index (Phi) is 6.78. The van der Waals surface area contributed by atoms with Crippen LogP contribution in [-0.4, -0.2) is 39.3 Å². The first-order chi connectivity index (χ1) is 16.1. The summed E-state index contributed by atoms with van der Waals surface area (Å²) in [5, 5.41) is 2.91. The summed E-state index contributed by atoms with van der Waals surface area (Å²) in [6.45, 7) is 0.889. The molecule has 7 heteroatoms. The molecule has 0 aromatic heterocycles. The maximum atomic E-state index is 12.6. The molecule has 0 spiro atoms. The topological polar surface area (TPSA) is 83.1 Å². The summed E-state index contributed by atoms with van der Waals surface area (Å²) in [7, 11) is 2.75. The molecule has 0 saturated carbocycles. The lowest BCUT2D eigenvalue weighted by Gasteiger charge is -2.12. The standard InChI is InChI=1S/C26H25NO6/c1-30-24-14-21(8-10-23(24)33-16-25(28)31-2)26(29)27-15-17-3-5-18(6-4-17)19-7-9-22-20(13-19)11-12-32-22/h3-10,13-14H,11-12,15-16H2,1-2H3,(H,27,29). The van der Waals surface area contributed by atoms with Crippen LogP contribution >= 0.6 is 0 Å². The average Bonchev–Trinajstić information content (AvgIpc) is 3.34. The molecule has 0 aliphatic carbocycles. The van der Waals surface area contributed by atoms with Gasteiger partial charge in [-0.15, -0.1) is 0 Å². The van der Waals surface area contributed by atoms with Crippen LogP contribution in [0, 0.1) is 0 Å². The summed E-state index contributed by atoms with van der Waals surface area (Å²) in [6, 6.07) is 19.1. The first-order valence-electron chi connectivity index (χ1n) is 10.6. The van der Waals surface area contributed by atoms with Crippen molar-refractivity contribution in [2.24, 2.45) is 0 Å². The molecule has 0 saturated heterocycles.